The number of nitrogens with zero attached hydrogens (tertiary/aromatic N) is 1. The molecule has 0 atom stereocenters. The molecule has 0 spiro atoms. The van der Waals surface area contributed by atoms with Gasteiger partial charge in [0.25, 0.3) is 15.9 Å². The molecule has 1 heterocycles. The van der Waals surface area contributed by atoms with E-state index < -0.39 is 22.5 Å². The van der Waals surface area contributed by atoms with Gasteiger partial charge in [0, 0.05) is 6.54 Å². The first kappa shape index (κ1) is 15.1. The Kier molecular flexibility index (Phi) is 5.27. The Bertz CT molecular complexity index is 482. The zero-order chi connectivity index (χ0) is 13.8. The van der Waals surface area contributed by atoms with E-state index in [4.69, 9.17) is 5.21 Å². The highest BCUT2D eigenvalue weighted by Gasteiger charge is 2.27. The summed E-state index contributed by atoms with van der Waals surface area (Å²) in [6.45, 7) is 3.53. The summed E-state index contributed by atoms with van der Waals surface area (Å²) in [4.78, 5) is 11.2. The first-order valence-corrected chi connectivity index (χ1v) is 7.66. The number of amides is 1. The highest BCUT2D eigenvalue weighted by Crippen LogP contribution is 2.21. The van der Waals surface area contributed by atoms with Gasteiger partial charge in [-0.1, -0.05) is 19.9 Å². The minimum Gasteiger partial charge on any atom is -0.289 e. The van der Waals surface area contributed by atoms with Crippen molar-refractivity contribution >= 4 is 27.3 Å². The van der Waals surface area contributed by atoms with Gasteiger partial charge in [-0.2, -0.15) is 4.31 Å². The van der Waals surface area contributed by atoms with E-state index in [9.17, 15) is 13.2 Å². The average molecular weight is 292 g/mol. The fourth-order valence-electron chi connectivity index (χ4n) is 1.39. The predicted molar refractivity (Wildman–Crippen MR) is 67.8 cm³/mol. The van der Waals surface area contributed by atoms with Gasteiger partial charge in [-0.25, -0.2) is 13.9 Å². The van der Waals surface area contributed by atoms with Gasteiger partial charge in [-0.05, 0) is 17.4 Å². The van der Waals surface area contributed by atoms with Gasteiger partial charge in [0.2, 0.25) is 0 Å². The zero-order valence-electron chi connectivity index (χ0n) is 10.2. The number of sulfonamides is 1. The molecule has 2 N–H and O–H groups in total. The van der Waals surface area contributed by atoms with Crippen molar-refractivity contribution in [2.75, 3.05) is 13.1 Å². The molecule has 1 rings (SSSR count). The Morgan fingerprint density at radius 1 is 1.56 bits per heavy atom. The summed E-state index contributed by atoms with van der Waals surface area (Å²) >= 11 is 1.10. The minimum absolute atomic E-state index is 0.0752. The van der Waals surface area contributed by atoms with Crippen molar-refractivity contribution in [3.63, 3.8) is 0 Å². The second-order valence-corrected chi connectivity index (χ2v) is 7.27. The lowest BCUT2D eigenvalue weighted by Crippen LogP contribution is -2.41. The topological polar surface area (TPSA) is 86.7 Å². The van der Waals surface area contributed by atoms with E-state index in [0.29, 0.717) is 0 Å². The van der Waals surface area contributed by atoms with E-state index in [-0.39, 0.29) is 16.7 Å². The van der Waals surface area contributed by atoms with Crippen LogP contribution in [-0.2, 0) is 14.8 Å². The van der Waals surface area contributed by atoms with Crippen molar-refractivity contribution in [3.05, 3.63) is 17.5 Å². The number of hydrogen-bond acceptors (Lipinski definition) is 5. The summed E-state index contributed by atoms with van der Waals surface area (Å²) in [6, 6.07) is 3.13. The number of carbonyl (C=O) groups excluding carboxylic acids is 1. The van der Waals surface area contributed by atoms with Crippen LogP contribution in [0.1, 0.15) is 13.8 Å². The molecule has 0 unspecified atom stereocenters. The summed E-state index contributed by atoms with van der Waals surface area (Å²) in [5, 5.41) is 10.2. The molecule has 0 radical (unpaired) electrons. The SMILES string of the molecule is CC(C)CN(CC(=O)NO)S(=O)(=O)c1cccs1. The van der Waals surface area contributed by atoms with E-state index in [1.165, 1.54) is 11.5 Å². The monoisotopic (exact) mass is 292 g/mol. The third kappa shape index (κ3) is 3.77. The van der Waals surface area contributed by atoms with Crippen molar-refractivity contribution in [3.8, 4) is 0 Å². The second-order valence-electron chi connectivity index (χ2n) is 4.16. The maximum Gasteiger partial charge on any atom is 0.258 e. The van der Waals surface area contributed by atoms with Crippen molar-refractivity contribution in [2.45, 2.75) is 18.1 Å². The Balaban J connectivity index is 2.98. The molecule has 0 aromatic carbocycles. The Labute approximate surface area is 110 Å². The minimum atomic E-state index is -3.68. The smallest absolute Gasteiger partial charge is 0.258 e. The summed E-state index contributed by atoms with van der Waals surface area (Å²) in [7, 11) is -3.68. The molecule has 1 aromatic rings. The van der Waals surface area contributed by atoms with Gasteiger partial charge >= 0.3 is 0 Å². The van der Waals surface area contributed by atoms with Gasteiger partial charge in [0.1, 0.15) is 4.21 Å². The van der Waals surface area contributed by atoms with Crippen LogP contribution in [0.25, 0.3) is 0 Å². The van der Waals surface area contributed by atoms with Crippen LogP contribution in [0.3, 0.4) is 0 Å². The first-order valence-electron chi connectivity index (χ1n) is 5.34. The van der Waals surface area contributed by atoms with E-state index in [0.717, 1.165) is 15.6 Å². The molecular weight excluding hydrogens is 276 g/mol. The third-order valence-electron chi connectivity index (χ3n) is 2.10. The number of hydroxylamine groups is 1. The molecule has 1 aromatic heterocycles. The summed E-state index contributed by atoms with van der Waals surface area (Å²) in [5.41, 5.74) is 1.44. The highest BCUT2D eigenvalue weighted by molar-refractivity contribution is 7.91. The van der Waals surface area contributed by atoms with Gasteiger partial charge in [0.05, 0.1) is 6.54 Å². The molecule has 0 aliphatic carbocycles. The highest BCUT2D eigenvalue weighted by atomic mass is 32.2. The fraction of sp³-hybridized carbons (Fsp3) is 0.500. The van der Waals surface area contributed by atoms with Crippen LogP contribution in [0.2, 0.25) is 0 Å². The number of thiophene rings is 1. The number of nitrogens with one attached hydrogen (secondary N) is 1. The van der Waals surface area contributed by atoms with Crippen LogP contribution < -0.4 is 5.48 Å². The van der Waals surface area contributed by atoms with Gasteiger partial charge < -0.3 is 0 Å². The molecule has 0 aliphatic heterocycles. The van der Waals surface area contributed by atoms with Crippen molar-refractivity contribution in [2.24, 2.45) is 5.92 Å². The Hall–Kier alpha value is -0.960. The largest absolute Gasteiger partial charge is 0.289 e. The van der Waals surface area contributed by atoms with Gasteiger partial charge in [-0.3, -0.25) is 10.0 Å². The fourth-order valence-corrected chi connectivity index (χ4v) is 4.09. The lowest BCUT2D eigenvalue weighted by Gasteiger charge is -2.22. The van der Waals surface area contributed by atoms with E-state index >= 15 is 0 Å². The number of rotatable bonds is 6. The molecule has 102 valence electrons. The van der Waals surface area contributed by atoms with Gasteiger partial charge in [-0.15, -0.1) is 11.3 Å². The van der Waals surface area contributed by atoms with E-state index in [1.807, 2.05) is 13.8 Å². The maximum absolute atomic E-state index is 12.3. The Morgan fingerprint density at radius 2 is 2.22 bits per heavy atom. The van der Waals surface area contributed by atoms with Gasteiger partial charge in [0.15, 0.2) is 0 Å². The maximum atomic E-state index is 12.3. The lowest BCUT2D eigenvalue weighted by atomic mass is 10.2. The molecule has 0 bridgehead atoms. The summed E-state index contributed by atoms with van der Waals surface area (Å²) in [6.07, 6.45) is 0. The molecule has 6 nitrogen and oxygen atoms in total. The molecule has 1 amide bonds. The van der Waals surface area contributed by atoms with Crippen molar-refractivity contribution < 1.29 is 18.4 Å². The summed E-state index contributed by atoms with van der Waals surface area (Å²) in [5.74, 6) is -0.679. The molecule has 8 heteroatoms. The van der Waals surface area contributed by atoms with Crippen molar-refractivity contribution in [1.82, 2.24) is 9.79 Å². The molecule has 0 fully saturated rings. The second kappa shape index (κ2) is 6.28. The zero-order valence-corrected chi connectivity index (χ0v) is 11.8. The molecule has 0 saturated heterocycles. The Morgan fingerprint density at radius 3 is 2.67 bits per heavy atom. The normalized spacial score (nSPS) is 12.1. The van der Waals surface area contributed by atoms with Crippen LogP contribution in [0.4, 0.5) is 0 Å². The predicted octanol–water partition coefficient (Wildman–Crippen LogP) is 0.900. The lowest BCUT2D eigenvalue weighted by molar-refractivity contribution is -0.129. The quantitative estimate of drug-likeness (QED) is 0.602. The van der Waals surface area contributed by atoms with Crippen LogP contribution in [0, 0.1) is 5.92 Å². The molecule has 18 heavy (non-hydrogen) atoms. The number of hydrogen-bond donors (Lipinski definition) is 2. The van der Waals surface area contributed by atoms with Crippen molar-refractivity contribution in [1.29, 1.82) is 0 Å². The summed E-state index contributed by atoms with van der Waals surface area (Å²) < 4.78 is 25.8. The molecule has 0 saturated carbocycles. The van der Waals surface area contributed by atoms with E-state index in [2.05, 4.69) is 0 Å². The third-order valence-corrected chi connectivity index (χ3v) is 5.29. The van der Waals surface area contributed by atoms with Crippen LogP contribution in [0.15, 0.2) is 21.7 Å². The average Bonchev–Trinajstić information content (AvgIpc) is 2.81. The molecular formula is C10H16N2O4S2. The standard InChI is InChI=1S/C10H16N2O4S2/c1-8(2)6-12(7-9(13)11-14)18(15,16)10-4-3-5-17-10/h3-5,8,14H,6-7H2,1-2H3,(H,11,13). The van der Waals surface area contributed by atoms with E-state index in [1.54, 1.807) is 11.4 Å². The first-order chi connectivity index (χ1) is 8.37. The molecule has 0 aliphatic rings. The number of carbonyl (C=O) groups is 1. The van der Waals surface area contributed by atoms with Crippen LogP contribution in [0.5, 0.6) is 0 Å². The van der Waals surface area contributed by atoms with Crippen LogP contribution >= 0.6 is 11.3 Å². The van der Waals surface area contributed by atoms with Crippen LogP contribution in [-0.4, -0.2) is 36.9 Å².